The van der Waals surface area contributed by atoms with Crippen LogP contribution in [-0.2, 0) is 11.3 Å². The molecule has 1 heterocycles. The van der Waals surface area contributed by atoms with Gasteiger partial charge in [0.15, 0.2) is 0 Å². The van der Waals surface area contributed by atoms with Gasteiger partial charge in [-0.3, -0.25) is 9.48 Å². The molecular formula is C19H26BrN3O. The Balaban J connectivity index is 2.03. The molecule has 0 aliphatic heterocycles. The molecule has 1 N–H and O–H groups in total. The summed E-state index contributed by atoms with van der Waals surface area (Å²) < 4.78 is 2.63. The first kappa shape index (κ1) is 18.7. The Labute approximate surface area is 152 Å². The fourth-order valence-corrected chi connectivity index (χ4v) is 2.97. The Bertz CT molecular complexity index is 678. The van der Waals surface area contributed by atoms with Crippen LogP contribution in [0.2, 0.25) is 0 Å². The van der Waals surface area contributed by atoms with Crippen LogP contribution in [0.15, 0.2) is 34.9 Å². The number of benzene rings is 1. The maximum absolute atomic E-state index is 12.4. The maximum atomic E-state index is 12.4. The molecule has 2 rings (SSSR count). The molecule has 0 bridgehead atoms. The second-order valence-electron chi connectivity index (χ2n) is 6.24. The van der Waals surface area contributed by atoms with Gasteiger partial charge in [0.1, 0.15) is 6.54 Å². The van der Waals surface area contributed by atoms with Crippen LogP contribution < -0.4 is 5.32 Å². The lowest BCUT2D eigenvalue weighted by Gasteiger charge is -2.19. The average molecular weight is 392 g/mol. The van der Waals surface area contributed by atoms with E-state index in [9.17, 15) is 4.79 Å². The molecule has 1 aromatic heterocycles. The van der Waals surface area contributed by atoms with Crippen LogP contribution in [0.4, 0.5) is 0 Å². The predicted molar refractivity (Wildman–Crippen MR) is 101 cm³/mol. The quantitative estimate of drug-likeness (QED) is 0.740. The van der Waals surface area contributed by atoms with Crippen molar-refractivity contribution in [2.45, 2.75) is 59.0 Å². The van der Waals surface area contributed by atoms with E-state index in [1.165, 1.54) is 5.56 Å². The van der Waals surface area contributed by atoms with Crippen LogP contribution in [-0.4, -0.2) is 15.7 Å². The SMILES string of the molecule is CCC(C)c1ccc(C(CC)NC(=O)Cn2ncc(Br)c2C)cc1. The zero-order chi connectivity index (χ0) is 17.7. The minimum atomic E-state index is -0.0217. The molecule has 0 fully saturated rings. The highest BCUT2D eigenvalue weighted by molar-refractivity contribution is 9.10. The van der Waals surface area contributed by atoms with Crippen LogP contribution in [0.5, 0.6) is 0 Å². The van der Waals surface area contributed by atoms with E-state index in [0.29, 0.717) is 5.92 Å². The van der Waals surface area contributed by atoms with E-state index < -0.39 is 0 Å². The molecule has 24 heavy (non-hydrogen) atoms. The lowest BCUT2D eigenvalue weighted by Crippen LogP contribution is -2.31. The summed E-state index contributed by atoms with van der Waals surface area (Å²) in [6, 6.07) is 8.64. The topological polar surface area (TPSA) is 46.9 Å². The summed E-state index contributed by atoms with van der Waals surface area (Å²) in [7, 11) is 0. The molecule has 1 aromatic carbocycles. The fraction of sp³-hybridized carbons (Fsp3) is 0.474. The summed E-state index contributed by atoms with van der Waals surface area (Å²) in [4.78, 5) is 12.4. The summed E-state index contributed by atoms with van der Waals surface area (Å²) in [5.41, 5.74) is 3.45. The fourth-order valence-electron chi connectivity index (χ4n) is 2.67. The first-order valence-electron chi connectivity index (χ1n) is 8.53. The molecule has 4 nitrogen and oxygen atoms in total. The first-order chi connectivity index (χ1) is 11.5. The Kier molecular flexibility index (Phi) is 6.60. The van der Waals surface area contributed by atoms with Crippen molar-refractivity contribution in [1.82, 2.24) is 15.1 Å². The zero-order valence-corrected chi connectivity index (χ0v) is 16.4. The van der Waals surface area contributed by atoms with Gasteiger partial charge in [-0.05, 0) is 52.7 Å². The number of nitrogens with one attached hydrogen (secondary N) is 1. The molecule has 0 aliphatic carbocycles. The third-order valence-electron chi connectivity index (χ3n) is 4.60. The van der Waals surface area contributed by atoms with Gasteiger partial charge in [0, 0.05) is 0 Å². The van der Waals surface area contributed by atoms with Crippen molar-refractivity contribution in [3.05, 3.63) is 51.8 Å². The molecule has 2 atom stereocenters. The van der Waals surface area contributed by atoms with Crippen molar-refractivity contribution in [3.8, 4) is 0 Å². The van der Waals surface area contributed by atoms with Gasteiger partial charge in [-0.2, -0.15) is 5.10 Å². The second-order valence-corrected chi connectivity index (χ2v) is 7.09. The van der Waals surface area contributed by atoms with Gasteiger partial charge in [-0.1, -0.05) is 45.0 Å². The van der Waals surface area contributed by atoms with E-state index in [1.54, 1.807) is 10.9 Å². The molecule has 5 heteroatoms. The number of carbonyl (C=O) groups is 1. The molecular weight excluding hydrogens is 366 g/mol. The smallest absolute Gasteiger partial charge is 0.242 e. The highest BCUT2D eigenvalue weighted by atomic mass is 79.9. The van der Waals surface area contributed by atoms with Crippen LogP contribution in [0.3, 0.4) is 0 Å². The number of amides is 1. The van der Waals surface area contributed by atoms with E-state index >= 15 is 0 Å². The number of halogens is 1. The van der Waals surface area contributed by atoms with Crippen molar-refractivity contribution < 1.29 is 4.79 Å². The number of hydrogen-bond donors (Lipinski definition) is 1. The van der Waals surface area contributed by atoms with E-state index in [0.717, 1.165) is 28.6 Å². The normalized spacial score (nSPS) is 13.5. The van der Waals surface area contributed by atoms with Crippen LogP contribution in [0, 0.1) is 6.92 Å². The van der Waals surface area contributed by atoms with Crippen molar-refractivity contribution in [2.24, 2.45) is 0 Å². The van der Waals surface area contributed by atoms with E-state index in [1.807, 2.05) is 6.92 Å². The van der Waals surface area contributed by atoms with Crippen molar-refractivity contribution in [1.29, 1.82) is 0 Å². The number of rotatable bonds is 7. The van der Waals surface area contributed by atoms with Crippen molar-refractivity contribution in [3.63, 3.8) is 0 Å². The Hall–Kier alpha value is -1.62. The summed E-state index contributed by atoms with van der Waals surface area (Å²) in [6.07, 6.45) is 3.70. The Morgan fingerprint density at radius 1 is 1.21 bits per heavy atom. The van der Waals surface area contributed by atoms with E-state index in [-0.39, 0.29) is 18.5 Å². The summed E-state index contributed by atoms with van der Waals surface area (Å²) in [6.45, 7) is 8.69. The molecule has 2 aromatic rings. The highest BCUT2D eigenvalue weighted by Gasteiger charge is 2.15. The van der Waals surface area contributed by atoms with Crippen LogP contribution in [0.25, 0.3) is 0 Å². The number of aromatic nitrogens is 2. The largest absolute Gasteiger partial charge is 0.348 e. The van der Waals surface area contributed by atoms with Gasteiger partial charge in [-0.25, -0.2) is 0 Å². The van der Waals surface area contributed by atoms with Gasteiger partial charge < -0.3 is 5.32 Å². The summed E-state index contributed by atoms with van der Waals surface area (Å²) >= 11 is 3.42. The molecule has 0 aliphatic rings. The molecule has 0 radical (unpaired) electrons. The maximum Gasteiger partial charge on any atom is 0.242 e. The highest BCUT2D eigenvalue weighted by Crippen LogP contribution is 2.23. The molecule has 1 amide bonds. The number of hydrogen-bond acceptors (Lipinski definition) is 2. The van der Waals surface area contributed by atoms with Gasteiger partial charge in [0.05, 0.1) is 22.4 Å². The lowest BCUT2D eigenvalue weighted by atomic mass is 9.95. The third-order valence-corrected chi connectivity index (χ3v) is 5.38. The van der Waals surface area contributed by atoms with Gasteiger partial charge >= 0.3 is 0 Å². The molecule has 0 spiro atoms. The average Bonchev–Trinajstić information content (AvgIpc) is 2.91. The van der Waals surface area contributed by atoms with Crippen LogP contribution in [0.1, 0.15) is 62.4 Å². The number of nitrogens with zero attached hydrogens (tertiary/aromatic N) is 2. The van der Waals surface area contributed by atoms with Gasteiger partial charge in [0.2, 0.25) is 5.91 Å². The lowest BCUT2D eigenvalue weighted by molar-refractivity contribution is -0.122. The summed E-state index contributed by atoms with van der Waals surface area (Å²) in [5, 5.41) is 7.33. The Morgan fingerprint density at radius 2 is 1.83 bits per heavy atom. The van der Waals surface area contributed by atoms with Gasteiger partial charge in [-0.15, -0.1) is 0 Å². The summed E-state index contributed by atoms with van der Waals surface area (Å²) in [5.74, 6) is 0.543. The standard InChI is InChI=1S/C19H26BrN3O/c1-5-13(3)15-7-9-16(10-8-15)18(6-2)22-19(24)12-23-14(4)17(20)11-21-23/h7-11,13,18H,5-6,12H2,1-4H3,(H,22,24). The van der Waals surface area contributed by atoms with E-state index in [2.05, 4.69) is 71.4 Å². The molecule has 0 saturated heterocycles. The third kappa shape index (κ3) is 4.47. The van der Waals surface area contributed by atoms with Crippen molar-refractivity contribution in [2.75, 3.05) is 0 Å². The zero-order valence-electron chi connectivity index (χ0n) is 14.8. The molecule has 2 unspecified atom stereocenters. The van der Waals surface area contributed by atoms with E-state index in [4.69, 9.17) is 0 Å². The Morgan fingerprint density at radius 3 is 2.33 bits per heavy atom. The molecule has 0 saturated carbocycles. The monoisotopic (exact) mass is 391 g/mol. The van der Waals surface area contributed by atoms with Crippen LogP contribution >= 0.6 is 15.9 Å². The first-order valence-corrected chi connectivity index (χ1v) is 9.32. The molecule has 130 valence electrons. The minimum Gasteiger partial charge on any atom is -0.348 e. The second kappa shape index (κ2) is 8.47. The predicted octanol–water partition coefficient (Wildman–Crippen LogP) is 4.74. The minimum absolute atomic E-state index is 0.0217. The number of carbonyl (C=O) groups excluding carboxylic acids is 1. The van der Waals surface area contributed by atoms with Gasteiger partial charge in [0.25, 0.3) is 0 Å². The van der Waals surface area contributed by atoms with Crippen molar-refractivity contribution >= 4 is 21.8 Å².